The van der Waals surface area contributed by atoms with E-state index in [9.17, 15) is 33.6 Å². The van der Waals surface area contributed by atoms with Gasteiger partial charge in [0.05, 0.1) is 117 Å². The van der Waals surface area contributed by atoms with Crippen LogP contribution < -0.4 is 47.7 Å². The van der Waals surface area contributed by atoms with Crippen LogP contribution in [0, 0.1) is 0 Å². The Morgan fingerprint density at radius 3 is 1.25 bits per heavy atom. The number of carbonyl (C=O) groups is 7. The number of hydrogen-bond acceptors (Lipinski definition) is 20. The molecule has 5 aromatic heterocycles. The van der Waals surface area contributed by atoms with Crippen molar-refractivity contribution in [2.24, 2.45) is 21.1 Å². The molecule has 0 saturated heterocycles. The molecule has 0 atom stereocenters. The number of nitrogens with zero attached hydrogens (tertiary/aromatic N) is 6. The zero-order valence-electron chi connectivity index (χ0n) is 48.8. The summed E-state index contributed by atoms with van der Waals surface area (Å²) in [6.45, 7) is 7.25. The first-order valence-corrected chi connectivity index (χ1v) is 27.8. The first kappa shape index (κ1) is 67.1. The average Bonchev–Trinajstić information content (AvgIpc) is 4.04. The zero-order chi connectivity index (χ0) is 62.0. The number of benzene rings is 1. The van der Waals surface area contributed by atoms with Gasteiger partial charge in [-0.3, -0.25) is 33.6 Å². The van der Waals surface area contributed by atoms with E-state index in [1.54, 1.807) is 44.0 Å². The highest BCUT2D eigenvalue weighted by molar-refractivity contribution is 6.04. The summed E-state index contributed by atoms with van der Waals surface area (Å²) in [6.07, 6.45) is 8.18. The molecule has 0 aliphatic heterocycles. The van der Waals surface area contributed by atoms with Gasteiger partial charge in [0, 0.05) is 108 Å². The molecule has 6 aromatic rings. The topological polar surface area (TPSA) is 398 Å². The highest BCUT2D eigenvalue weighted by atomic mass is 16.6. The van der Waals surface area contributed by atoms with Crippen molar-refractivity contribution >= 4 is 81.7 Å². The van der Waals surface area contributed by atoms with Gasteiger partial charge in [0.15, 0.2) is 17.5 Å². The van der Waals surface area contributed by atoms with Gasteiger partial charge in [0.1, 0.15) is 24.0 Å². The van der Waals surface area contributed by atoms with E-state index in [0.717, 1.165) is 5.75 Å². The number of nitrogens with two attached hydrogens (primary N) is 1. The van der Waals surface area contributed by atoms with Crippen LogP contribution in [-0.2, 0) is 78.2 Å². The summed E-state index contributed by atoms with van der Waals surface area (Å²) in [7, 11) is 4.84. The van der Waals surface area contributed by atoms with Gasteiger partial charge in [0.25, 0.3) is 17.7 Å². The maximum absolute atomic E-state index is 13.1. The summed E-state index contributed by atoms with van der Waals surface area (Å²) in [5.41, 5.74) is 7.03. The maximum atomic E-state index is 13.1. The standard InChI is InChI=1S/C55H76N16O16/c1-69-14-12-57-50(69)54(77)61-39-32-42(59-34-39)63-46(72)9-11-49(75)66-45-37-71(3)52(68-45)55(78)62-40-33-43(60-35-40)64-47(73)8-10-48(74)65-44-36-70(2)51(67-44)53(76)58-13-15-79-16-17-80-18-19-81-20-21-82-22-23-83-24-25-84-26-27-85-28-29-86-30-31-87-41-6-4-38(56)5-7-41/h4-7,12,14,32-37,59-60H,8-11,13,15-31,56H2,1-3H3,(H,58,76)(H,61,77)(H,62,78)(H,63,72)(H,64,73)(H,65,74)(H,66,75). The van der Waals surface area contributed by atoms with Crippen molar-refractivity contribution in [2.75, 3.05) is 156 Å². The monoisotopic (exact) mass is 1220 g/mol. The fourth-order valence-electron chi connectivity index (χ4n) is 7.54. The molecule has 0 aliphatic rings. The van der Waals surface area contributed by atoms with Gasteiger partial charge in [-0.25, -0.2) is 15.0 Å². The highest BCUT2D eigenvalue weighted by Gasteiger charge is 2.20. The second-order valence-electron chi connectivity index (χ2n) is 18.8. The van der Waals surface area contributed by atoms with Crippen molar-refractivity contribution in [1.82, 2.24) is 43.9 Å². The Morgan fingerprint density at radius 2 is 0.839 bits per heavy atom. The lowest BCUT2D eigenvalue weighted by Gasteiger charge is -2.09. The van der Waals surface area contributed by atoms with Crippen LogP contribution in [0.3, 0.4) is 0 Å². The Kier molecular flexibility index (Phi) is 28.9. The minimum Gasteiger partial charge on any atom is -0.491 e. The second-order valence-corrected chi connectivity index (χ2v) is 18.8. The normalized spacial score (nSPS) is 11.1. The van der Waals surface area contributed by atoms with Gasteiger partial charge in [-0.05, 0) is 24.3 Å². The van der Waals surface area contributed by atoms with Gasteiger partial charge in [-0.15, -0.1) is 0 Å². The molecule has 0 fully saturated rings. The number of aromatic nitrogens is 8. The molecule has 0 unspecified atom stereocenters. The number of rotatable bonds is 43. The summed E-state index contributed by atoms with van der Waals surface area (Å²) in [5, 5.41) is 18.4. The first-order valence-electron chi connectivity index (χ1n) is 27.8. The average molecular weight is 1220 g/mol. The Balaban J connectivity index is 0.707. The van der Waals surface area contributed by atoms with E-state index in [-0.39, 0.29) is 79.4 Å². The van der Waals surface area contributed by atoms with Crippen LogP contribution in [0.25, 0.3) is 0 Å². The molecule has 6 rings (SSSR count). The zero-order valence-corrected chi connectivity index (χ0v) is 48.8. The van der Waals surface area contributed by atoms with Gasteiger partial charge >= 0.3 is 0 Å². The number of amides is 7. The molecular weight excluding hydrogens is 1140 g/mol. The predicted octanol–water partition coefficient (Wildman–Crippen LogP) is 2.29. The van der Waals surface area contributed by atoms with Crippen molar-refractivity contribution < 1.29 is 76.2 Å². The summed E-state index contributed by atoms with van der Waals surface area (Å²) in [5.74, 6) is -1.86. The highest BCUT2D eigenvalue weighted by Crippen LogP contribution is 2.19. The largest absolute Gasteiger partial charge is 0.491 e. The molecule has 1 aromatic carbocycles. The number of aryl methyl sites for hydroxylation is 3. The Labute approximate surface area is 500 Å². The van der Waals surface area contributed by atoms with Crippen LogP contribution >= 0.6 is 0 Å². The lowest BCUT2D eigenvalue weighted by molar-refractivity contribution is -0.121. The summed E-state index contributed by atoms with van der Waals surface area (Å²) in [4.78, 5) is 107. The number of nitrogens with one attached hydrogen (secondary N) is 9. The van der Waals surface area contributed by atoms with E-state index < -0.39 is 41.4 Å². The van der Waals surface area contributed by atoms with E-state index in [0.29, 0.717) is 123 Å². The fraction of sp³-hybridized carbons (Fsp3) is 0.455. The molecule has 32 nitrogen and oxygen atoms in total. The Morgan fingerprint density at radius 1 is 0.460 bits per heavy atom. The van der Waals surface area contributed by atoms with E-state index in [2.05, 4.69) is 62.1 Å². The van der Waals surface area contributed by atoms with E-state index in [1.165, 1.54) is 52.3 Å². The molecule has 0 spiro atoms. The summed E-state index contributed by atoms with van der Waals surface area (Å²) >= 11 is 0. The van der Waals surface area contributed by atoms with Crippen molar-refractivity contribution in [3.05, 3.63) is 91.1 Å². The number of H-pyrrole nitrogens is 2. The number of aromatic amines is 2. The molecule has 0 bridgehead atoms. The lowest BCUT2D eigenvalue weighted by Crippen LogP contribution is -2.29. The third-order valence-electron chi connectivity index (χ3n) is 11.8. The molecule has 472 valence electrons. The smallest absolute Gasteiger partial charge is 0.291 e. The van der Waals surface area contributed by atoms with Crippen molar-refractivity contribution in [3.63, 3.8) is 0 Å². The van der Waals surface area contributed by atoms with Crippen LogP contribution in [0.15, 0.2) is 73.6 Å². The maximum Gasteiger partial charge on any atom is 0.291 e. The number of imidazole rings is 3. The van der Waals surface area contributed by atoms with Crippen LogP contribution in [-0.4, -0.2) is 199 Å². The molecule has 32 heteroatoms. The molecule has 11 N–H and O–H groups in total. The molecule has 87 heavy (non-hydrogen) atoms. The SMILES string of the molecule is Cn1cc(NC(=O)CCC(=O)Nc2cc(NC(=O)c3nc(NC(=O)CCC(=O)Nc4cc(NC(=O)c5nccn5C)c[nH]4)cn3C)c[nH]2)nc1C(=O)NCCOCCOCCOCCOCCOCCOCCOCCOCCOc1ccc(N)cc1. The summed E-state index contributed by atoms with van der Waals surface area (Å²) < 4.78 is 54.0. The lowest BCUT2D eigenvalue weighted by atomic mass is 10.3. The first-order chi connectivity index (χ1) is 42.2. The minimum absolute atomic E-state index is 0.0497. The third-order valence-corrected chi connectivity index (χ3v) is 11.8. The van der Waals surface area contributed by atoms with Crippen molar-refractivity contribution in [3.8, 4) is 5.75 Å². The number of ether oxygens (including phenoxy) is 9. The third kappa shape index (κ3) is 25.6. The minimum atomic E-state index is -0.627. The predicted molar refractivity (Wildman–Crippen MR) is 315 cm³/mol. The quantitative estimate of drug-likeness (QED) is 0.0194. The Bertz CT molecular complexity index is 3100. The number of carbonyl (C=O) groups excluding carboxylic acids is 7. The van der Waals surface area contributed by atoms with Crippen molar-refractivity contribution in [2.45, 2.75) is 25.7 Å². The van der Waals surface area contributed by atoms with Gasteiger partial charge < -0.3 is 109 Å². The second kappa shape index (κ2) is 37.4. The molecular formula is C55H76N16O16. The van der Waals surface area contributed by atoms with Crippen LogP contribution in [0.5, 0.6) is 5.75 Å². The van der Waals surface area contributed by atoms with Crippen LogP contribution in [0.1, 0.15) is 57.5 Å². The van der Waals surface area contributed by atoms with E-state index in [1.807, 2.05) is 12.1 Å². The van der Waals surface area contributed by atoms with Crippen molar-refractivity contribution in [1.29, 1.82) is 0 Å². The molecule has 7 amide bonds. The van der Waals surface area contributed by atoms with Gasteiger partial charge in [0.2, 0.25) is 35.3 Å². The summed E-state index contributed by atoms with van der Waals surface area (Å²) in [6, 6.07) is 10.2. The number of hydrogen-bond donors (Lipinski definition) is 10. The fourth-order valence-corrected chi connectivity index (χ4v) is 7.54. The van der Waals surface area contributed by atoms with Gasteiger partial charge in [-0.2, -0.15) is 0 Å². The van der Waals surface area contributed by atoms with Crippen LogP contribution in [0.2, 0.25) is 0 Å². The van der Waals surface area contributed by atoms with Gasteiger partial charge in [-0.1, -0.05) is 0 Å². The molecule has 0 radical (unpaired) electrons. The van der Waals surface area contributed by atoms with Crippen LogP contribution in [0.4, 0.5) is 40.3 Å². The van der Waals surface area contributed by atoms with E-state index >= 15 is 0 Å². The molecule has 0 aliphatic carbocycles. The number of anilines is 7. The molecule has 5 heterocycles. The Hall–Kier alpha value is -9.02. The number of nitrogen functional groups attached to an aromatic ring is 1. The molecule has 0 saturated carbocycles. The van der Waals surface area contributed by atoms with E-state index in [4.69, 9.17) is 48.4 Å².